The van der Waals surface area contributed by atoms with Gasteiger partial charge in [0.25, 0.3) is 0 Å². The molecule has 7 heteroatoms. The lowest BCUT2D eigenvalue weighted by Gasteiger charge is -2.11. The number of hydrogen-bond acceptors (Lipinski definition) is 6. The van der Waals surface area contributed by atoms with Gasteiger partial charge in [-0.25, -0.2) is 4.39 Å². The number of nitrogens with zero attached hydrogens (tertiary/aromatic N) is 3. The van der Waals surface area contributed by atoms with Crippen molar-refractivity contribution in [1.82, 2.24) is 15.0 Å². The highest BCUT2D eigenvalue weighted by molar-refractivity contribution is 5.58. The van der Waals surface area contributed by atoms with E-state index in [2.05, 4.69) is 27.2 Å². The van der Waals surface area contributed by atoms with Gasteiger partial charge < -0.3 is 15.8 Å². The van der Waals surface area contributed by atoms with Crippen LogP contribution in [0.15, 0.2) is 48.5 Å². The molecule has 1 heterocycles. The average molecular weight is 339 g/mol. The maximum absolute atomic E-state index is 12.9. The molecule has 3 rings (SSSR count). The van der Waals surface area contributed by atoms with Crippen molar-refractivity contribution >= 4 is 17.6 Å². The summed E-state index contributed by atoms with van der Waals surface area (Å²) < 4.78 is 18.5. The summed E-state index contributed by atoms with van der Waals surface area (Å²) in [6, 6.07) is 13.6. The highest BCUT2D eigenvalue weighted by Gasteiger charge is 2.08. The molecule has 0 bridgehead atoms. The van der Waals surface area contributed by atoms with Gasteiger partial charge in [0.05, 0.1) is 0 Å². The molecule has 0 radical (unpaired) electrons. The van der Waals surface area contributed by atoms with Gasteiger partial charge >= 0.3 is 0 Å². The van der Waals surface area contributed by atoms with Gasteiger partial charge in [0.15, 0.2) is 5.82 Å². The van der Waals surface area contributed by atoms with E-state index in [1.807, 2.05) is 24.3 Å². The van der Waals surface area contributed by atoms with E-state index in [0.29, 0.717) is 17.5 Å². The zero-order valence-corrected chi connectivity index (χ0v) is 13.7. The molecule has 0 amide bonds. The van der Waals surface area contributed by atoms with E-state index in [1.54, 1.807) is 0 Å². The Balaban J connectivity index is 1.75. The number of hydrogen-bond donors (Lipinski definition) is 2. The summed E-state index contributed by atoms with van der Waals surface area (Å²) in [7, 11) is 0. The van der Waals surface area contributed by atoms with Crippen molar-refractivity contribution in [2.45, 2.75) is 20.0 Å². The van der Waals surface area contributed by atoms with E-state index in [-0.39, 0.29) is 18.4 Å². The number of rotatable bonds is 6. The number of para-hydroxylation sites is 1. The van der Waals surface area contributed by atoms with Gasteiger partial charge in [0.2, 0.25) is 11.9 Å². The summed E-state index contributed by atoms with van der Waals surface area (Å²) >= 11 is 0. The zero-order chi connectivity index (χ0) is 17.6. The van der Waals surface area contributed by atoms with Crippen molar-refractivity contribution in [2.24, 2.45) is 0 Å². The SMILES string of the molecule is CCc1ccccc1Nc1nc(N)nc(COc2ccc(F)cc2)n1. The molecular formula is C18H18FN5O. The third-order valence-electron chi connectivity index (χ3n) is 3.53. The number of benzene rings is 2. The molecular weight excluding hydrogens is 321 g/mol. The highest BCUT2D eigenvalue weighted by atomic mass is 19.1. The Labute approximate surface area is 144 Å². The van der Waals surface area contributed by atoms with Gasteiger partial charge in [0.1, 0.15) is 18.2 Å². The minimum Gasteiger partial charge on any atom is -0.486 e. The monoisotopic (exact) mass is 339 g/mol. The van der Waals surface area contributed by atoms with Gasteiger partial charge in [-0.1, -0.05) is 25.1 Å². The maximum Gasteiger partial charge on any atom is 0.232 e. The second kappa shape index (κ2) is 7.57. The number of aryl methyl sites for hydroxylation is 1. The van der Waals surface area contributed by atoms with Crippen molar-refractivity contribution in [3.8, 4) is 5.75 Å². The topological polar surface area (TPSA) is 86.0 Å². The standard InChI is InChI=1S/C18H18FN5O/c1-2-12-5-3-4-6-15(12)21-18-23-16(22-17(20)24-18)11-25-14-9-7-13(19)8-10-14/h3-10H,2,11H2,1H3,(H3,20,21,22,23,24). The molecule has 25 heavy (non-hydrogen) atoms. The van der Waals surface area contributed by atoms with Crippen LogP contribution >= 0.6 is 0 Å². The van der Waals surface area contributed by atoms with Crippen molar-refractivity contribution < 1.29 is 9.13 Å². The molecule has 2 aromatic carbocycles. The first-order chi connectivity index (χ1) is 12.1. The molecule has 0 saturated heterocycles. The fourth-order valence-electron chi connectivity index (χ4n) is 2.31. The molecule has 0 aliphatic rings. The minimum absolute atomic E-state index is 0.0997. The van der Waals surface area contributed by atoms with Crippen LogP contribution in [0.5, 0.6) is 5.75 Å². The molecule has 128 valence electrons. The number of nitrogens with two attached hydrogens (primary N) is 1. The van der Waals surface area contributed by atoms with Gasteiger partial charge in [0, 0.05) is 5.69 Å². The molecule has 0 aliphatic carbocycles. The van der Waals surface area contributed by atoms with E-state index in [1.165, 1.54) is 24.3 Å². The van der Waals surface area contributed by atoms with Crippen LogP contribution in [0.25, 0.3) is 0 Å². The van der Waals surface area contributed by atoms with Gasteiger partial charge in [-0.2, -0.15) is 15.0 Å². The van der Waals surface area contributed by atoms with Gasteiger partial charge in [-0.05, 0) is 42.3 Å². The molecule has 1 aromatic heterocycles. The van der Waals surface area contributed by atoms with E-state index in [0.717, 1.165) is 17.7 Å². The first kappa shape index (κ1) is 16.6. The van der Waals surface area contributed by atoms with Crippen molar-refractivity contribution in [2.75, 3.05) is 11.1 Å². The summed E-state index contributed by atoms with van der Waals surface area (Å²) in [5.74, 6) is 1.03. The largest absolute Gasteiger partial charge is 0.486 e. The Hall–Kier alpha value is -3.22. The molecule has 0 aliphatic heterocycles. The molecule has 0 atom stereocenters. The number of aromatic nitrogens is 3. The molecule has 3 aromatic rings. The number of halogens is 1. The molecule has 0 spiro atoms. The second-order valence-electron chi connectivity index (χ2n) is 5.31. The van der Waals surface area contributed by atoms with Crippen LogP contribution in [-0.4, -0.2) is 15.0 Å². The predicted molar refractivity (Wildman–Crippen MR) is 94.1 cm³/mol. The molecule has 3 N–H and O–H groups in total. The lowest BCUT2D eigenvalue weighted by Crippen LogP contribution is -2.10. The number of nitrogens with one attached hydrogen (secondary N) is 1. The van der Waals surface area contributed by atoms with E-state index in [4.69, 9.17) is 10.5 Å². The smallest absolute Gasteiger partial charge is 0.232 e. The zero-order valence-electron chi connectivity index (χ0n) is 13.7. The Kier molecular flexibility index (Phi) is 5.03. The summed E-state index contributed by atoms with van der Waals surface area (Å²) in [6.07, 6.45) is 0.879. The van der Waals surface area contributed by atoms with Crippen LogP contribution < -0.4 is 15.8 Å². The number of ether oxygens (including phenoxy) is 1. The fraction of sp³-hybridized carbons (Fsp3) is 0.167. The van der Waals surface area contributed by atoms with Crippen molar-refractivity contribution in [3.05, 3.63) is 65.7 Å². The summed E-state index contributed by atoms with van der Waals surface area (Å²) in [6.45, 7) is 2.17. The van der Waals surface area contributed by atoms with Crippen LogP contribution in [0, 0.1) is 5.82 Å². The quantitative estimate of drug-likeness (QED) is 0.715. The normalized spacial score (nSPS) is 10.5. The van der Waals surface area contributed by atoms with Crippen LogP contribution in [0.3, 0.4) is 0 Å². The Morgan fingerprint density at radius 3 is 2.56 bits per heavy atom. The first-order valence-electron chi connectivity index (χ1n) is 7.88. The lowest BCUT2D eigenvalue weighted by molar-refractivity contribution is 0.295. The van der Waals surface area contributed by atoms with Gasteiger partial charge in [-0.15, -0.1) is 0 Å². The third-order valence-corrected chi connectivity index (χ3v) is 3.53. The van der Waals surface area contributed by atoms with Crippen LogP contribution in [0.4, 0.5) is 22.0 Å². The predicted octanol–water partition coefficient (Wildman–Crippen LogP) is 3.48. The Morgan fingerprint density at radius 2 is 1.80 bits per heavy atom. The molecule has 0 fully saturated rings. The Bertz CT molecular complexity index is 854. The molecule has 6 nitrogen and oxygen atoms in total. The van der Waals surface area contributed by atoms with Crippen LogP contribution in [0.1, 0.15) is 18.3 Å². The Morgan fingerprint density at radius 1 is 1.04 bits per heavy atom. The molecule has 0 unspecified atom stereocenters. The van der Waals surface area contributed by atoms with Crippen LogP contribution in [-0.2, 0) is 13.0 Å². The maximum atomic E-state index is 12.9. The van der Waals surface area contributed by atoms with Crippen molar-refractivity contribution in [1.29, 1.82) is 0 Å². The van der Waals surface area contributed by atoms with E-state index < -0.39 is 0 Å². The second-order valence-corrected chi connectivity index (χ2v) is 5.31. The van der Waals surface area contributed by atoms with Crippen LogP contribution in [0.2, 0.25) is 0 Å². The average Bonchev–Trinajstić information content (AvgIpc) is 2.61. The number of anilines is 3. The summed E-state index contributed by atoms with van der Waals surface area (Å²) in [5.41, 5.74) is 7.83. The fourth-order valence-corrected chi connectivity index (χ4v) is 2.31. The molecule has 0 saturated carbocycles. The van der Waals surface area contributed by atoms with E-state index in [9.17, 15) is 4.39 Å². The summed E-state index contributed by atoms with van der Waals surface area (Å²) in [4.78, 5) is 12.5. The van der Waals surface area contributed by atoms with Crippen molar-refractivity contribution in [3.63, 3.8) is 0 Å². The lowest BCUT2D eigenvalue weighted by atomic mass is 10.1. The van der Waals surface area contributed by atoms with Gasteiger partial charge in [-0.3, -0.25) is 0 Å². The summed E-state index contributed by atoms with van der Waals surface area (Å²) in [5, 5.41) is 3.16. The minimum atomic E-state index is -0.321. The first-order valence-corrected chi connectivity index (χ1v) is 7.88. The highest BCUT2D eigenvalue weighted by Crippen LogP contribution is 2.20. The number of nitrogen functional groups attached to an aromatic ring is 1. The van der Waals surface area contributed by atoms with E-state index >= 15 is 0 Å². The third kappa shape index (κ3) is 4.41.